The molecule has 106 valence electrons. The van der Waals surface area contributed by atoms with Crippen molar-refractivity contribution >= 4 is 0 Å². The molecule has 1 aromatic heterocycles. The lowest BCUT2D eigenvalue weighted by molar-refractivity contribution is -0.0334. The topological polar surface area (TPSA) is 71.6 Å². The summed E-state index contributed by atoms with van der Waals surface area (Å²) in [5.74, 6) is 0.971. The van der Waals surface area contributed by atoms with Crippen LogP contribution in [0, 0.1) is 0 Å². The van der Waals surface area contributed by atoms with E-state index in [9.17, 15) is 5.11 Å². The van der Waals surface area contributed by atoms with E-state index in [0.717, 1.165) is 19.6 Å². The van der Waals surface area contributed by atoms with E-state index in [1.807, 2.05) is 6.07 Å². The molecule has 0 spiro atoms. The molecule has 1 fully saturated rings. The number of ether oxygens (including phenoxy) is 1. The molecule has 1 atom stereocenters. The second kappa shape index (κ2) is 5.60. The van der Waals surface area contributed by atoms with Crippen LogP contribution < -0.4 is 0 Å². The van der Waals surface area contributed by atoms with E-state index in [0.29, 0.717) is 23.9 Å². The van der Waals surface area contributed by atoms with Crippen LogP contribution in [0.25, 0.3) is 11.5 Å². The van der Waals surface area contributed by atoms with E-state index in [1.54, 1.807) is 18.2 Å². The van der Waals surface area contributed by atoms with Crippen molar-refractivity contribution in [1.82, 2.24) is 15.0 Å². The average Bonchev–Trinajstić information content (AvgIpc) is 2.97. The van der Waals surface area contributed by atoms with Gasteiger partial charge in [0, 0.05) is 13.1 Å². The first-order valence-electron chi connectivity index (χ1n) is 6.74. The summed E-state index contributed by atoms with van der Waals surface area (Å²) in [6.07, 6.45) is -0.174. The Morgan fingerprint density at radius 1 is 1.40 bits per heavy atom. The highest BCUT2D eigenvalue weighted by Crippen LogP contribution is 2.29. The maximum Gasteiger partial charge on any atom is 0.261 e. The molecule has 6 nitrogen and oxygen atoms in total. The van der Waals surface area contributed by atoms with Crippen LogP contribution in [0.4, 0.5) is 0 Å². The fourth-order valence-corrected chi connectivity index (χ4v) is 2.28. The van der Waals surface area contributed by atoms with Crippen LogP contribution in [0.15, 0.2) is 28.8 Å². The molecule has 1 aromatic carbocycles. The van der Waals surface area contributed by atoms with Gasteiger partial charge >= 0.3 is 0 Å². The predicted octanol–water partition coefficient (Wildman–Crippen LogP) is 1.84. The lowest BCUT2D eigenvalue weighted by atomic mass is 10.2. The molecule has 1 saturated heterocycles. The predicted molar refractivity (Wildman–Crippen MR) is 72.2 cm³/mol. The molecule has 0 amide bonds. The van der Waals surface area contributed by atoms with Gasteiger partial charge < -0.3 is 14.4 Å². The molecule has 3 rings (SSSR count). The highest BCUT2D eigenvalue weighted by molar-refractivity contribution is 5.61. The Morgan fingerprint density at radius 2 is 2.25 bits per heavy atom. The van der Waals surface area contributed by atoms with Crippen LogP contribution in [0.2, 0.25) is 0 Å². The summed E-state index contributed by atoms with van der Waals surface area (Å²) in [6.45, 7) is 5.45. The Hall–Kier alpha value is -1.92. The first-order chi connectivity index (χ1) is 9.78. The zero-order chi connectivity index (χ0) is 13.9. The smallest absolute Gasteiger partial charge is 0.261 e. The number of hydrogen-bond acceptors (Lipinski definition) is 6. The number of hydrogen-bond donors (Lipinski definition) is 1. The Bertz CT molecular complexity index is 585. The maximum atomic E-state index is 9.80. The van der Waals surface area contributed by atoms with Crippen molar-refractivity contribution in [2.45, 2.75) is 13.0 Å². The van der Waals surface area contributed by atoms with Crippen molar-refractivity contribution in [3.8, 4) is 17.2 Å². The zero-order valence-corrected chi connectivity index (χ0v) is 11.3. The van der Waals surface area contributed by atoms with Crippen LogP contribution in [0.5, 0.6) is 5.75 Å². The van der Waals surface area contributed by atoms with Gasteiger partial charge in [-0.05, 0) is 18.7 Å². The van der Waals surface area contributed by atoms with E-state index >= 15 is 0 Å². The summed E-state index contributed by atoms with van der Waals surface area (Å²) < 4.78 is 10.9. The number of benzene rings is 1. The molecule has 6 heteroatoms. The van der Waals surface area contributed by atoms with Crippen LogP contribution in [-0.4, -0.2) is 46.4 Å². The van der Waals surface area contributed by atoms with Gasteiger partial charge in [-0.1, -0.05) is 24.2 Å². The molecule has 0 bridgehead atoms. The van der Waals surface area contributed by atoms with Gasteiger partial charge in [0.15, 0.2) is 0 Å². The summed E-state index contributed by atoms with van der Waals surface area (Å²) in [7, 11) is 0. The standard InChI is InChI=1S/C14H17N3O3/c1-2-17-7-8-19-12(9-17)13-15-14(20-16-13)10-5-3-4-6-11(10)18/h3-6,12,18H,2,7-9H2,1H3. The zero-order valence-electron chi connectivity index (χ0n) is 11.3. The van der Waals surface area contributed by atoms with Crippen molar-refractivity contribution in [2.75, 3.05) is 26.2 Å². The maximum absolute atomic E-state index is 9.80. The minimum atomic E-state index is -0.174. The number of aromatic hydroxyl groups is 1. The fourth-order valence-electron chi connectivity index (χ4n) is 2.28. The van der Waals surface area contributed by atoms with E-state index < -0.39 is 0 Å². The van der Waals surface area contributed by atoms with Crippen molar-refractivity contribution in [3.63, 3.8) is 0 Å². The molecule has 1 N–H and O–H groups in total. The second-order valence-electron chi connectivity index (χ2n) is 4.73. The summed E-state index contributed by atoms with van der Waals surface area (Å²) in [4.78, 5) is 6.63. The molecule has 0 radical (unpaired) electrons. The highest BCUT2D eigenvalue weighted by atomic mass is 16.5. The van der Waals surface area contributed by atoms with Gasteiger partial charge in [-0.3, -0.25) is 4.90 Å². The third kappa shape index (κ3) is 2.52. The van der Waals surface area contributed by atoms with E-state index in [1.165, 1.54) is 0 Å². The number of nitrogens with zero attached hydrogens (tertiary/aromatic N) is 3. The van der Waals surface area contributed by atoms with Gasteiger partial charge in [0.25, 0.3) is 5.89 Å². The van der Waals surface area contributed by atoms with Crippen molar-refractivity contribution in [2.24, 2.45) is 0 Å². The minimum absolute atomic E-state index is 0.127. The fraction of sp³-hybridized carbons (Fsp3) is 0.429. The van der Waals surface area contributed by atoms with Crippen LogP contribution in [0.3, 0.4) is 0 Å². The molecule has 0 saturated carbocycles. The highest BCUT2D eigenvalue weighted by Gasteiger charge is 2.26. The third-order valence-electron chi connectivity index (χ3n) is 3.46. The molecule has 20 heavy (non-hydrogen) atoms. The van der Waals surface area contributed by atoms with E-state index in [4.69, 9.17) is 9.26 Å². The lowest BCUT2D eigenvalue weighted by Crippen LogP contribution is -2.38. The second-order valence-corrected chi connectivity index (χ2v) is 4.73. The number of rotatable bonds is 3. The number of phenols is 1. The molecule has 2 aromatic rings. The van der Waals surface area contributed by atoms with Gasteiger partial charge in [-0.25, -0.2) is 0 Å². The normalized spacial score (nSPS) is 20.1. The summed E-state index contributed by atoms with van der Waals surface area (Å²) in [6, 6.07) is 6.90. The number of para-hydroxylation sites is 1. The minimum Gasteiger partial charge on any atom is -0.507 e. The number of likely N-dealkylation sites (N-methyl/N-ethyl adjacent to an activating group) is 1. The molecular weight excluding hydrogens is 258 g/mol. The van der Waals surface area contributed by atoms with Crippen molar-refractivity contribution < 1.29 is 14.4 Å². The quantitative estimate of drug-likeness (QED) is 0.921. The largest absolute Gasteiger partial charge is 0.507 e. The average molecular weight is 275 g/mol. The Kier molecular flexibility index (Phi) is 3.66. The number of phenolic OH excluding ortho intramolecular Hbond substituents is 1. The molecule has 0 aliphatic carbocycles. The van der Waals surface area contributed by atoms with Crippen LogP contribution in [-0.2, 0) is 4.74 Å². The first kappa shape index (κ1) is 13.1. The molecule has 2 heterocycles. The van der Waals surface area contributed by atoms with Gasteiger partial charge in [0.2, 0.25) is 5.82 Å². The molecular formula is C14H17N3O3. The van der Waals surface area contributed by atoms with Crippen LogP contribution in [0.1, 0.15) is 18.9 Å². The van der Waals surface area contributed by atoms with Crippen molar-refractivity contribution in [3.05, 3.63) is 30.1 Å². The van der Waals surface area contributed by atoms with E-state index in [2.05, 4.69) is 22.0 Å². The van der Waals surface area contributed by atoms with Gasteiger partial charge in [0.1, 0.15) is 11.9 Å². The number of morpholine rings is 1. The molecule has 1 unspecified atom stereocenters. The van der Waals surface area contributed by atoms with Gasteiger partial charge in [-0.2, -0.15) is 4.98 Å². The Balaban J connectivity index is 1.82. The summed E-state index contributed by atoms with van der Waals surface area (Å²) in [5, 5.41) is 13.8. The monoisotopic (exact) mass is 275 g/mol. The van der Waals surface area contributed by atoms with E-state index in [-0.39, 0.29) is 11.9 Å². The summed E-state index contributed by atoms with van der Waals surface area (Å²) >= 11 is 0. The third-order valence-corrected chi connectivity index (χ3v) is 3.46. The summed E-state index contributed by atoms with van der Waals surface area (Å²) in [5.41, 5.74) is 0.536. The van der Waals surface area contributed by atoms with Crippen molar-refractivity contribution in [1.29, 1.82) is 0 Å². The van der Waals surface area contributed by atoms with Crippen LogP contribution >= 0.6 is 0 Å². The molecule has 1 aliphatic heterocycles. The lowest BCUT2D eigenvalue weighted by Gasteiger charge is -2.30. The Labute approximate surface area is 117 Å². The SMILES string of the molecule is CCN1CCOC(c2noc(-c3ccccc3O)n2)C1. The number of aromatic nitrogens is 2. The molecule has 1 aliphatic rings. The van der Waals surface area contributed by atoms with Gasteiger partial charge in [0.05, 0.1) is 12.2 Å². The first-order valence-corrected chi connectivity index (χ1v) is 6.74. The Morgan fingerprint density at radius 3 is 3.05 bits per heavy atom. The van der Waals surface area contributed by atoms with Gasteiger partial charge in [-0.15, -0.1) is 0 Å².